The Bertz CT molecular complexity index is 1310. The van der Waals surface area contributed by atoms with Crippen molar-refractivity contribution in [3.8, 4) is 11.5 Å². The number of amides is 2. The molecule has 0 spiro atoms. The SMILES string of the molecule is COc1cc([C@@H]2CN3C(=O)CN(C(C)C)C(=O)[C@]3(C)c3[nH]c4ccccc4c32)ccc1OC(C)C. The molecule has 2 amide bonds. The largest absolute Gasteiger partial charge is 0.493 e. The van der Waals surface area contributed by atoms with E-state index in [9.17, 15) is 9.59 Å². The summed E-state index contributed by atoms with van der Waals surface area (Å²) in [6.45, 7) is 10.3. The molecule has 0 bridgehead atoms. The van der Waals surface area contributed by atoms with Crippen LogP contribution in [-0.4, -0.2) is 58.9 Å². The van der Waals surface area contributed by atoms with Gasteiger partial charge in [-0.3, -0.25) is 9.59 Å². The van der Waals surface area contributed by atoms with Crippen LogP contribution in [0.3, 0.4) is 0 Å². The average Bonchev–Trinajstić information content (AvgIpc) is 3.22. The fraction of sp³-hybridized carbons (Fsp3) is 0.429. The number of hydrogen-bond acceptors (Lipinski definition) is 4. The van der Waals surface area contributed by atoms with Gasteiger partial charge in [-0.05, 0) is 63.9 Å². The van der Waals surface area contributed by atoms with Crippen LogP contribution in [0.1, 0.15) is 57.4 Å². The van der Waals surface area contributed by atoms with Gasteiger partial charge < -0.3 is 24.3 Å². The molecular weight excluding hydrogens is 442 g/mol. The third-order valence-electron chi connectivity index (χ3n) is 7.35. The summed E-state index contributed by atoms with van der Waals surface area (Å²) in [4.78, 5) is 34.3. The van der Waals surface area contributed by atoms with Crippen LogP contribution in [0.5, 0.6) is 11.5 Å². The molecule has 0 aliphatic carbocycles. The number of ether oxygens (including phenoxy) is 2. The van der Waals surface area contributed by atoms with Crippen molar-refractivity contribution in [2.24, 2.45) is 0 Å². The molecule has 35 heavy (non-hydrogen) atoms. The van der Waals surface area contributed by atoms with Crippen LogP contribution >= 0.6 is 0 Å². The molecule has 3 aromatic rings. The first-order valence-electron chi connectivity index (χ1n) is 12.2. The van der Waals surface area contributed by atoms with Crippen molar-refractivity contribution in [2.75, 3.05) is 20.2 Å². The molecule has 7 nitrogen and oxygen atoms in total. The summed E-state index contributed by atoms with van der Waals surface area (Å²) < 4.78 is 11.6. The van der Waals surface area contributed by atoms with E-state index in [4.69, 9.17) is 9.47 Å². The zero-order valence-corrected chi connectivity index (χ0v) is 21.2. The maximum Gasteiger partial charge on any atom is 0.255 e. The highest BCUT2D eigenvalue weighted by Crippen LogP contribution is 2.49. The van der Waals surface area contributed by atoms with Gasteiger partial charge in [-0.1, -0.05) is 24.3 Å². The molecule has 1 aromatic heterocycles. The average molecular weight is 476 g/mol. The Kier molecular flexibility index (Phi) is 5.54. The second-order valence-electron chi connectivity index (χ2n) is 10.2. The van der Waals surface area contributed by atoms with Gasteiger partial charge in [0.25, 0.3) is 5.91 Å². The first-order chi connectivity index (χ1) is 16.7. The van der Waals surface area contributed by atoms with E-state index in [1.54, 1.807) is 16.9 Å². The van der Waals surface area contributed by atoms with Crippen LogP contribution < -0.4 is 9.47 Å². The van der Waals surface area contributed by atoms with Crippen LogP contribution in [0, 0.1) is 0 Å². The predicted molar refractivity (Wildman–Crippen MR) is 135 cm³/mol. The summed E-state index contributed by atoms with van der Waals surface area (Å²) in [5, 5.41) is 1.07. The maximum absolute atomic E-state index is 13.9. The Balaban J connectivity index is 1.72. The van der Waals surface area contributed by atoms with E-state index in [2.05, 4.69) is 11.1 Å². The lowest BCUT2D eigenvalue weighted by Gasteiger charge is -2.52. The Morgan fingerprint density at radius 3 is 2.49 bits per heavy atom. The number of piperazine rings is 1. The van der Waals surface area contributed by atoms with Gasteiger partial charge in [-0.25, -0.2) is 0 Å². The molecule has 0 unspecified atom stereocenters. The van der Waals surface area contributed by atoms with Gasteiger partial charge in [0.1, 0.15) is 6.54 Å². The fourth-order valence-electron chi connectivity index (χ4n) is 5.60. The first kappa shape index (κ1) is 23.3. The van der Waals surface area contributed by atoms with Crippen LogP contribution in [0.15, 0.2) is 42.5 Å². The molecule has 2 aliphatic heterocycles. The first-order valence-corrected chi connectivity index (χ1v) is 12.2. The number of fused-ring (bicyclic) bond motifs is 5. The Labute approximate surface area is 206 Å². The standard InChI is InChI=1S/C28H33N3O4/c1-16(2)30-15-24(32)31-14-20(18-11-12-22(35-17(3)4)23(13-18)34-6)25-19-9-7-8-10-21(19)29-26(25)28(31,5)27(30)33/h7-13,16-17,20,29H,14-15H2,1-6H3/t20-,28-/m0/s1. The molecule has 184 valence electrons. The number of nitrogens with zero attached hydrogens (tertiary/aromatic N) is 2. The molecule has 0 radical (unpaired) electrons. The molecule has 1 fully saturated rings. The molecule has 0 saturated carbocycles. The van der Waals surface area contributed by atoms with Crippen molar-refractivity contribution >= 4 is 22.7 Å². The number of H-pyrrole nitrogens is 1. The lowest BCUT2D eigenvalue weighted by Crippen LogP contribution is -2.68. The van der Waals surface area contributed by atoms with E-state index in [1.807, 2.05) is 71.0 Å². The maximum atomic E-state index is 13.9. The minimum atomic E-state index is -1.09. The molecule has 1 saturated heterocycles. The summed E-state index contributed by atoms with van der Waals surface area (Å²) in [5.41, 5.74) is 2.73. The molecule has 1 N–H and O–H groups in total. The second-order valence-corrected chi connectivity index (χ2v) is 10.2. The highest BCUT2D eigenvalue weighted by atomic mass is 16.5. The fourth-order valence-corrected chi connectivity index (χ4v) is 5.60. The summed E-state index contributed by atoms with van der Waals surface area (Å²) in [6.07, 6.45) is 0.0197. The number of aromatic amines is 1. The van der Waals surface area contributed by atoms with Crippen molar-refractivity contribution in [2.45, 2.75) is 58.2 Å². The van der Waals surface area contributed by atoms with Crippen LogP contribution in [0.4, 0.5) is 0 Å². The quantitative estimate of drug-likeness (QED) is 0.593. The van der Waals surface area contributed by atoms with E-state index in [1.165, 1.54) is 0 Å². The number of carbonyl (C=O) groups excluding carboxylic acids is 2. The van der Waals surface area contributed by atoms with E-state index >= 15 is 0 Å². The Morgan fingerprint density at radius 1 is 1.06 bits per heavy atom. The number of rotatable bonds is 5. The third-order valence-corrected chi connectivity index (χ3v) is 7.35. The van der Waals surface area contributed by atoms with Gasteiger partial charge in [0.05, 0.1) is 18.9 Å². The van der Waals surface area contributed by atoms with E-state index < -0.39 is 5.54 Å². The van der Waals surface area contributed by atoms with Gasteiger partial charge in [0.15, 0.2) is 17.0 Å². The number of nitrogens with one attached hydrogen (secondary N) is 1. The number of methoxy groups -OCH3 is 1. The van der Waals surface area contributed by atoms with E-state index in [0.29, 0.717) is 18.0 Å². The van der Waals surface area contributed by atoms with Crippen LogP contribution in [0.2, 0.25) is 0 Å². The molecule has 2 aliphatic rings. The van der Waals surface area contributed by atoms with E-state index in [-0.39, 0.29) is 36.4 Å². The normalized spacial score (nSPS) is 22.1. The second kappa shape index (κ2) is 8.33. The molecule has 2 atom stereocenters. The third kappa shape index (κ3) is 3.48. The van der Waals surface area contributed by atoms with Crippen molar-refractivity contribution in [3.05, 3.63) is 59.3 Å². The Hall–Kier alpha value is -3.48. The van der Waals surface area contributed by atoms with Crippen molar-refractivity contribution < 1.29 is 19.1 Å². The summed E-state index contributed by atoms with van der Waals surface area (Å²) in [7, 11) is 1.63. The molecule has 2 aromatic carbocycles. The smallest absolute Gasteiger partial charge is 0.255 e. The van der Waals surface area contributed by atoms with Gasteiger partial charge in [0.2, 0.25) is 5.91 Å². The number of aromatic nitrogens is 1. The predicted octanol–water partition coefficient (Wildman–Crippen LogP) is 4.40. The zero-order valence-electron chi connectivity index (χ0n) is 21.2. The van der Waals surface area contributed by atoms with Gasteiger partial charge in [0, 0.05) is 29.4 Å². The molecule has 7 heteroatoms. The highest BCUT2D eigenvalue weighted by Gasteiger charge is 2.56. The molecular formula is C28H33N3O4. The summed E-state index contributed by atoms with van der Waals surface area (Å²) in [5.74, 6) is 1.12. The zero-order chi connectivity index (χ0) is 25.1. The molecule has 3 heterocycles. The summed E-state index contributed by atoms with van der Waals surface area (Å²) >= 11 is 0. The van der Waals surface area contributed by atoms with Crippen LogP contribution in [0.25, 0.3) is 10.9 Å². The van der Waals surface area contributed by atoms with Crippen LogP contribution in [-0.2, 0) is 15.1 Å². The topological polar surface area (TPSA) is 74.9 Å². The highest BCUT2D eigenvalue weighted by molar-refractivity contribution is 6.01. The number of hydrogen-bond donors (Lipinski definition) is 1. The van der Waals surface area contributed by atoms with Gasteiger partial charge in [-0.15, -0.1) is 0 Å². The van der Waals surface area contributed by atoms with Crippen molar-refractivity contribution in [3.63, 3.8) is 0 Å². The van der Waals surface area contributed by atoms with Gasteiger partial charge >= 0.3 is 0 Å². The summed E-state index contributed by atoms with van der Waals surface area (Å²) in [6, 6.07) is 14.0. The number of para-hydroxylation sites is 1. The van der Waals surface area contributed by atoms with E-state index in [0.717, 1.165) is 27.7 Å². The minimum absolute atomic E-state index is 0.0197. The van der Waals surface area contributed by atoms with Gasteiger partial charge in [-0.2, -0.15) is 0 Å². The lowest BCUT2D eigenvalue weighted by molar-refractivity contribution is -0.168. The minimum Gasteiger partial charge on any atom is -0.493 e. The number of carbonyl (C=O) groups is 2. The number of benzene rings is 2. The molecule has 5 rings (SSSR count). The monoisotopic (exact) mass is 475 g/mol. The van der Waals surface area contributed by atoms with Crippen molar-refractivity contribution in [1.82, 2.24) is 14.8 Å². The Morgan fingerprint density at radius 2 is 1.80 bits per heavy atom. The van der Waals surface area contributed by atoms with Crippen molar-refractivity contribution in [1.29, 1.82) is 0 Å². The lowest BCUT2D eigenvalue weighted by atomic mass is 9.76.